The van der Waals surface area contributed by atoms with Crippen molar-refractivity contribution >= 4 is 27.7 Å². The molecule has 1 aliphatic rings. The summed E-state index contributed by atoms with van der Waals surface area (Å²) in [5.41, 5.74) is 1.77. The molecule has 0 amide bonds. The molecule has 0 radical (unpaired) electrons. The molecule has 2 N–H and O–H groups in total. The first-order valence-electron chi connectivity index (χ1n) is 10.2. The normalized spacial score (nSPS) is 22.3. The highest BCUT2D eigenvalue weighted by Crippen LogP contribution is 2.41. The Hall–Kier alpha value is -2.57. The summed E-state index contributed by atoms with van der Waals surface area (Å²) in [5.74, 6) is 0.298. The predicted octanol–water partition coefficient (Wildman–Crippen LogP) is 2.97. The van der Waals surface area contributed by atoms with Gasteiger partial charge < -0.3 is 23.9 Å². The van der Waals surface area contributed by atoms with Crippen LogP contribution in [-0.4, -0.2) is 43.0 Å². The summed E-state index contributed by atoms with van der Waals surface area (Å²) in [7, 11) is 0. The van der Waals surface area contributed by atoms with Crippen molar-refractivity contribution in [3.8, 4) is 5.75 Å². The predicted molar refractivity (Wildman–Crippen MR) is 110 cm³/mol. The minimum Gasteiger partial charge on any atom is -0.507 e. The van der Waals surface area contributed by atoms with Gasteiger partial charge in [-0.25, -0.2) is 4.79 Å². The van der Waals surface area contributed by atoms with E-state index < -0.39 is 5.97 Å². The van der Waals surface area contributed by atoms with Crippen molar-refractivity contribution < 1.29 is 28.7 Å². The zero-order valence-corrected chi connectivity index (χ0v) is 17.4. The van der Waals surface area contributed by atoms with Gasteiger partial charge in [0.05, 0.1) is 12.2 Å². The summed E-state index contributed by atoms with van der Waals surface area (Å²) >= 11 is 0. The Kier molecular flexibility index (Phi) is 5.23. The van der Waals surface area contributed by atoms with Crippen LogP contribution in [-0.2, 0) is 16.0 Å². The second kappa shape index (κ2) is 7.69. The van der Waals surface area contributed by atoms with Gasteiger partial charge in [0.1, 0.15) is 54.5 Å². The lowest BCUT2D eigenvalue weighted by molar-refractivity contribution is -0.928. The van der Waals surface area contributed by atoms with Gasteiger partial charge in [-0.1, -0.05) is 24.3 Å². The van der Waals surface area contributed by atoms with Crippen LogP contribution >= 0.6 is 0 Å². The number of benzene rings is 2. The second-order valence-corrected chi connectivity index (χ2v) is 7.92. The molecule has 0 aliphatic carbocycles. The zero-order valence-electron chi connectivity index (χ0n) is 17.4. The number of aryl methyl sites for hydroxylation is 1. The first kappa shape index (κ1) is 19.7. The van der Waals surface area contributed by atoms with Crippen molar-refractivity contribution in [3.63, 3.8) is 0 Å². The first-order chi connectivity index (χ1) is 13.9. The van der Waals surface area contributed by atoms with Gasteiger partial charge in [-0.3, -0.25) is 0 Å². The number of ether oxygens (including phenoxy) is 2. The van der Waals surface area contributed by atoms with E-state index in [9.17, 15) is 9.90 Å². The number of fused-ring (bicyclic) bond motifs is 3. The van der Waals surface area contributed by atoms with E-state index in [2.05, 4.69) is 13.8 Å². The number of hydrogen-bond donors (Lipinski definition) is 2. The molecule has 3 aromatic rings. The maximum absolute atomic E-state index is 12.7. The van der Waals surface area contributed by atoms with Crippen molar-refractivity contribution in [2.24, 2.45) is 0 Å². The van der Waals surface area contributed by atoms with Gasteiger partial charge in [0.15, 0.2) is 0 Å². The van der Waals surface area contributed by atoms with Crippen LogP contribution in [0.5, 0.6) is 5.75 Å². The molecule has 0 bridgehead atoms. The van der Waals surface area contributed by atoms with Crippen molar-refractivity contribution in [2.75, 3.05) is 19.7 Å². The molecule has 0 spiro atoms. The van der Waals surface area contributed by atoms with E-state index in [4.69, 9.17) is 13.9 Å². The fourth-order valence-electron chi connectivity index (χ4n) is 4.60. The van der Waals surface area contributed by atoms with E-state index in [0.29, 0.717) is 28.8 Å². The monoisotopic (exact) mass is 398 g/mol. The molecule has 1 fully saturated rings. The van der Waals surface area contributed by atoms with Crippen LogP contribution in [0.1, 0.15) is 42.5 Å². The van der Waals surface area contributed by atoms with Crippen LogP contribution < -0.4 is 4.90 Å². The number of carbonyl (C=O) groups is 1. The van der Waals surface area contributed by atoms with Gasteiger partial charge in [0, 0.05) is 16.2 Å². The van der Waals surface area contributed by atoms with Crippen molar-refractivity contribution in [2.45, 2.75) is 46.4 Å². The smallest absolute Gasteiger partial charge is 0.342 e. The highest BCUT2D eigenvalue weighted by molar-refractivity contribution is 6.16. The number of furan rings is 1. The molecule has 6 heteroatoms. The van der Waals surface area contributed by atoms with E-state index in [1.165, 1.54) is 4.90 Å². The number of carbonyl (C=O) groups excluding carboxylic acids is 1. The van der Waals surface area contributed by atoms with Crippen molar-refractivity contribution in [1.29, 1.82) is 0 Å². The minimum atomic E-state index is -0.418. The maximum Gasteiger partial charge on any atom is 0.342 e. The number of rotatable bonds is 4. The molecule has 2 heterocycles. The van der Waals surface area contributed by atoms with Crippen LogP contribution in [0.2, 0.25) is 0 Å². The molecule has 6 nitrogen and oxygen atoms in total. The molecule has 2 atom stereocenters. The largest absolute Gasteiger partial charge is 0.507 e. The SMILES string of the molecule is CCOC(=O)c1c(C)oc2c1c(C[NH+]1C[C@@H](C)O[C@H](C)C1)c(O)c1ccccc12. The van der Waals surface area contributed by atoms with E-state index in [1.807, 2.05) is 24.3 Å². The number of phenolic OH excluding ortho intramolecular Hbond substituents is 1. The quantitative estimate of drug-likeness (QED) is 0.661. The summed E-state index contributed by atoms with van der Waals surface area (Å²) < 4.78 is 17.2. The van der Waals surface area contributed by atoms with E-state index >= 15 is 0 Å². The summed E-state index contributed by atoms with van der Waals surface area (Å²) in [6.45, 7) is 10.2. The Morgan fingerprint density at radius 3 is 2.52 bits per heavy atom. The molecule has 1 saturated heterocycles. The van der Waals surface area contributed by atoms with E-state index in [-0.39, 0.29) is 24.6 Å². The standard InChI is InChI=1S/C23H27NO5/c1-5-27-23(26)19-15(4)29-22-17-9-7-6-8-16(17)21(25)18(20(19)22)12-24-10-13(2)28-14(3)11-24/h6-9,13-14,25H,5,10-12H2,1-4H3/p+1/t13-,14-/m1/s1. The molecule has 2 aromatic carbocycles. The van der Waals surface area contributed by atoms with Gasteiger partial charge in [-0.05, 0) is 27.7 Å². The Labute approximate surface area is 170 Å². The summed E-state index contributed by atoms with van der Waals surface area (Å²) in [5, 5.41) is 13.4. The summed E-state index contributed by atoms with van der Waals surface area (Å²) in [6, 6.07) is 7.59. The molecule has 1 aromatic heterocycles. The number of quaternary nitrogens is 1. The lowest BCUT2D eigenvalue weighted by Gasteiger charge is -2.32. The Morgan fingerprint density at radius 2 is 1.86 bits per heavy atom. The number of phenols is 1. The highest BCUT2D eigenvalue weighted by atomic mass is 16.5. The molecular formula is C23H28NO5+. The third-order valence-electron chi connectivity index (χ3n) is 5.62. The van der Waals surface area contributed by atoms with Gasteiger partial charge in [0.2, 0.25) is 0 Å². The number of morpholine rings is 1. The van der Waals surface area contributed by atoms with Gasteiger partial charge >= 0.3 is 5.97 Å². The van der Waals surface area contributed by atoms with Gasteiger partial charge in [-0.15, -0.1) is 0 Å². The van der Waals surface area contributed by atoms with Crippen molar-refractivity contribution in [3.05, 3.63) is 41.2 Å². The minimum absolute atomic E-state index is 0.141. The summed E-state index contributed by atoms with van der Waals surface area (Å²) in [4.78, 5) is 14.0. The van der Waals surface area contributed by atoms with Gasteiger partial charge in [0.25, 0.3) is 0 Å². The molecular weight excluding hydrogens is 370 g/mol. The number of esters is 1. The first-order valence-corrected chi connectivity index (χ1v) is 10.2. The van der Waals surface area contributed by atoms with Crippen LogP contribution in [0.15, 0.2) is 28.7 Å². The van der Waals surface area contributed by atoms with Crippen LogP contribution in [0.3, 0.4) is 0 Å². The zero-order chi connectivity index (χ0) is 20.7. The fraction of sp³-hybridized carbons (Fsp3) is 0.435. The highest BCUT2D eigenvalue weighted by Gasteiger charge is 2.31. The van der Waals surface area contributed by atoms with Crippen LogP contribution in [0.25, 0.3) is 21.7 Å². The molecule has 4 rings (SSSR count). The topological polar surface area (TPSA) is 73.3 Å². The lowest BCUT2D eigenvalue weighted by atomic mass is 9.97. The number of nitrogens with one attached hydrogen (secondary N) is 1. The third-order valence-corrected chi connectivity index (χ3v) is 5.62. The Morgan fingerprint density at radius 1 is 1.21 bits per heavy atom. The molecule has 1 aliphatic heterocycles. The second-order valence-electron chi connectivity index (χ2n) is 7.92. The van der Waals surface area contributed by atoms with Gasteiger partial charge in [-0.2, -0.15) is 0 Å². The molecule has 0 unspecified atom stereocenters. The van der Waals surface area contributed by atoms with Crippen molar-refractivity contribution in [1.82, 2.24) is 0 Å². The van der Waals surface area contributed by atoms with Crippen LogP contribution in [0.4, 0.5) is 0 Å². The van der Waals surface area contributed by atoms with E-state index in [1.54, 1.807) is 13.8 Å². The molecule has 29 heavy (non-hydrogen) atoms. The molecule has 0 saturated carbocycles. The lowest BCUT2D eigenvalue weighted by Crippen LogP contribution is -3.14. The summed E-state index contributed by atoms with van der Waals surface area (Å²) in [6.07, 6.45) is 0.282. The number of aromatic hydroxyl groups is 1. The average Bonchev–Trinajstić information content (AvgIpc) is 3.02. The Bertz CT molecular complexity index is 1060. The number of hydrogen-bond acceptors (Lipinski definition) is 5. The average molecular weight is 398 g/mol. The van der Waals surface area contributed by atoms with E-state index in [0.717, 1.165) is 29.4 Å². The fourth-order valence-corrected chi connectivity index (χ4v) is 4.60. The third kappa shape index (κ3) is 3.47. The maximum atomic E-state index is 12.7. The Balaban J connectivity index is 1.95. The molecule has 154 valence electrons. The van der Waals surface area contributed by atoms with Crippen LogP contribution in [0, 0.1) is 6.92 Å².